The molecular weight excluding hydrogens is 349 g/mol. The molecule has 0 saturated carbocycles. The number of carbonyl (C=O) groups excluding carboxylic acids is 2. The van der Waals surface area contributed by atoms with Crippen molar-refractivity contribution in [2.24, 2.45) is 0 Å². The molecule has 1 N–H and O–H groups in total. The van der Waals surface area contributed by atoms with Gasteiger partial charge in [0.25, 0.3) is 5.91 Å². The van der Waals surface area contributed by atoms with E-state index in [-0.39, 0.29) is 25.0 Å². The highest BCUT2D eigenvalue weighted by Gasteiger charge is 2.22. The molecule has 2 aromatic rings. The maximum atomic E-state index is 13.2. The number of carbonyl (C=O) groups is 2. The van der Waals surface area contributed by atoms with Crippen LogP contribution in [0.5, 0.6) is 5.75 Å². The lowest BCUT2D eigenvalue weighted by Gasteiger charge is -2.34. The number of hydrogen-bond acceptors (Lipinski definition) is 4. The first-order chi connectivity index (χ1) is 13.1. The molecule has 2 aromatic carbocycles. The van der Waals surface area contributed by atoms with Crippen LogP contribution in [-0.4, -0.2) is 60.9 Å². The van der Waals surface area contributed by atoms with Gasteiger partial charge in [0, 0.05) is 31.9 Å². The van der Waals surface area contributed by atoms with E-state index < -0.39 is 5.82 Å². The number of amides is 2. The van der Waals surface area contributed by atoms with Crippen LogP contribution in [-0.2, 0) is 9.59 Å². The van der Waals surface area contributed by atoms with E-state index in [1.54, 1.807) is 17.0 Å². The van der Waals surface area contributed by atoms with Crippen molar-refractivity contribution in [1.29, 1.82) is 0 Å². The van der Waals surface area contributed by atoms with Gasteiger partial charge in [0.15, 0.2) is 6.61 Å². The first-order valence-corrected chi connectivity index (χ1v) is 8.83. The number of halogens is 1. The van der Waals surface area contributed by atoms with E-state index in [2.05, 4.69) is 5.32 Å². The number of para-hydroxylation sites is 1. The van der Waals surface area contributed by atoms with E-state index in [1.165, 1.54) is 12.1 Å². The number of benzene rings is 2. The Kier molecular flexibility index (Phi) is 6.38. The summed E-state index contributed by atoms with van der Waals surface area (Å²) in [5.74, 6) is 0.00616. The summed E-state index contributed by atoms with van der Waals surface area (Å²) in [6, 6.07) is 15.0. The zero-order valence-corrected chi connectivity index (χ0v) is 14.9. The maximum Gasteiger partial charge on any atom is 0.260 e. The molecule has 6 nitrogen and oxygen atoms in total. The Morgan fingerprint density at radius 3 is 2.44 bits per heavy atom. The fourth-order valence-corrected chi connectivity index (χ4v) is 2.88. The quantitative estimate of drug-likeness (QED) is 0.844. The molecule has 3 rings (SSSR count). The molecule has 1 heterocycles. The van der Waals surface area contributed by atoms with Gasteiger partial charge >= 0.3 is 0 Å². The van der Waals surface area contributed by atoms with Crippen LogP contribution in [0.4, 0.5) is 10.1 Å². The molecule has 0 unspecified atom stereocenters. The van der Waals surface area contributed by atoms with Gasteiger partial charge in [0.2, 0.25) is 5.91 Å². The highest BCUT2D eigenvalue weighted by Crippen LogP contribution is 2.11. The van der Waals surface area contributed by atoms with Crippen molar-refractivity contribution in [3.63, 3.8) is 0 Å². The molecular formula is C20H22FN3O3. The van der Waals surface area contributed by atoms with Crippen molar-refractivity contribution < 1.29 is 18.7 Å². The number of nitrogens with one attached hydrogen (secondary N) is 1. The number of rotatable bonds is 6. The summed E-state index contributed by atoms with van der Waals surface area (Å²) < 4.78 is 18.6. The van der Waals surface area contributed by atoms with Crippen molar-refractivity contribution in [2.45, 2.75) is 0 Å². The van der Waals surface area contributed by atoms with Gasteiger partial charge in [0.05, 0.1) is 6.54 Å². The molecule has 0 aliphatic carbocycles. The summed E-state index contributed by atoms with van der Waals surface area (Å²) in [5.41, 5.74) is 0.437. The number of ether oxygens (including phenoxy) is 1. The first kappa shape index (κ1) is 18.8. The predicted octanol–water partition coefficient (Wildman–Crippen LogP) is 1.99. The summed E-state index contributed by atoms with van der Waals surface area (Å²) in [6.45, 7) is 2.51. The van der Waals surface area contributed by atoms with Crippen molar-refractivity contribution in [3.05, 3.63) is 60.4 Å². The van der Waals surface area contributed by atoms with Crippen molar-refractivity contribution in [2.75, 3.05) is 44.6 Å². The molecule has 0 aromatic heterocycles. The summed E-state index contributed by atoms with van der Waals surface area (Å²) >= 11 is 0. The number of nitrogens with zero attached hydrogens (tertiary/aromatic N) is 2. The Morgan fingerprint density at radius 2 is 1.74 bits per heavy atom. The second-order valence-electron chi connectivity index (χ2n) is 6.32. The van der Waals surface area contributed by atoms with E-state index in [1.807, 2.05) is 35.2 Å². The molecule has 1 fully saturated rings. The largest absolute Gasteiger partial charge is 0.484 e. The Morgan fingerprint density at radius 1 is 1.00 bits per heavy atom. The lowest BCUT2D eigenvalue weighted by Crippen LogP contribution is -2.51. The maximum absolute atomic E-state index is 13.2. The second-order valence-corrected chi connectivity index (χ2v) is 6.32. The lowest BCUT2D eigenvalue weighted by atomic mass is 10.3. The molecule has 142 valence electrons. The van der Waals surface area contributed by atoms with Gasteiger partial charge in [-0.2, -0.15) is 0 Å². The van der Waals surface area contributed by atoms with E-state index >= 15 is 0 Å². The fraction of sp³-hybridized carbons (Fsp3) is 0.300. The molecule has 0 spiro atoms. The zero-order chi connectivity index (χ0) is 19.1. The van der Waals surface area contributed by atoms with Crippen LogP contribution in [0, 0.1) is 5.82 Å². The van der Waals surface area contributed by atoms with Crippen LogP contribution < -0.4 is 10.1 Å². The Bertz CT molecular complexity index is 777. The van der Waals surface area contributed by atoms with Gasteiger partial charge in [-0.05, 0) is 30.3 Å². The Hall–Kier alpha value is -2.93. The van der Waals surface area contributed by atoms with Crippen LogP contribution >= 0.6 is 0 Å². The van der Waals surface area contributed by atoms with Gasteiger partial charge in [-0.3, -0.25) is 14.5 Å². The first-order valence-electron chi connectivity index (χ1n) is 8.83. The van der Waals surface area contributed by atoms with Gasteiger partial charge < -0.3 is 15.0 Å². The summed E-state index contributed by atoms with van der Waals surface area (Å²) in [4.78, 5) is 28.0. The molecule has 0 bridgehead atoms. The van der Waals surface area contributed by atoms with Crippen molar-refractivity contribution in [1.82, 2.24) is 9.80 Å². The minimum absolute atomic E-state index is 0.00404. The van der Waals surface area contributed by atoms with Crippen molar-refractivity contribution >= 4 is 17.5 Å². The molecule has 0 atom stereocenters. The third-order valence-electron chi connectivity index (χ3n) is 4.31. The predicted molar refractivity (Wildman–Crippen MR) is 100.0 cm³/mol. The Labute approximate surface area is 157 Å². The van der Waals surface area contributed by atoms with Crippen LogP contribution in [0.2, 0.25) is 0 Å². The SMILES string of the molecule is O=C(CN1CCN(C(=O)COc2ccccc2)CC1)Nc1cccc(F)c1. The van der Waals surface area contributed by atoms with E-state index in [4.69, 9.17) is 4.74 Å². The van der Waals surface area contributed by atoms with E-state index in [0.29, 0.717) is 37.6 Å². The normalized spacial score (nSPS) is 14.6. The standard InChI is InChI=1S/C20H22FN3O3/c21-16-5-4-6-17(13-16)22-19(25)14-23-9-11-24(12-10-23)20(26)15-27-18-7-2-1-3-8-18/h1-8,13H,9-12,14-15H2,(H,22,25). The minimum Gasteiger partial charge on any atom is -0.484 e. The monoisotopic (exact) mass is 371 g/mol. The highest BCUT2D eigenvalue weighted by atomic mass is 19.1. The molecule has 1 aliphatic rings. The smallest absolute Gasteiger partial charge is 0.260 e. The summed E-state index contributed by atoms with van der Waals surface area (Å²) in [7, 11) is 0. The second kappa shape index (κ2) is 9.14. The lowest BCUT2D eigenvalue weighted by molar-refractivity contribution is -0.135. The van der Waals surface area contributed by atoms with Gasteiger partial charge in [-0.25, -0.2) is 4.39 Å². The van der Waals surface area contributed by atoms with Gasteiger partial charge in [0.1, 0.15) is 11.6 Å². The van der Waals surface area contributed by atoms with Gasteiger partial charge in [-0.1, -0.05) is 24.3 Å². The average molecular weight is 371 g/mol. The van der Waals surface area contributed by atoms with E-state index in [9.17, 15) is 14.0 Å². The Balaban J connectivity index is 1.39. The third-order valence-corrected chi connectivity index (χ3v) is 4.31. The highest BCUT2D eigenvalue weighted by molar-refractivity contribution is 5.92. The zero-order valence-electron chi connectivity index (χ0n) is 14.9. The molecule has 2 amide bonds. The number of anilines is 1. The van der Waals surface area contributed by atoms with Crippen LogP contribution in [0.3, 0.4) is 0 Å². The molecule has 1 saturated heterocycles. The molecule has 7 heteroatoms. The van der Waals surface area contributed by atoms with E-state index in [0.717, 1.165) is 0 Å². The number of hydrogen-bond donors (Lipinski definition) is 1. The van der Waals surface area contributed by atoms with Crippen molar-refractivity contribution in [3.8, 4) is 5.75 Å². The third kappa shape index (κ3) is 5.79. The fourth-order valence-electron chi connectivity index (χ4n) is 2.88. The topological polar surface area (TPSA) is 61.9 Å². The summed E-state index contributed by atoms with van der Waals surface area (Å²) in [5, 5.41) is 2.68. The number of piperazine rings is 1. The molecule has 0 radical (unpaired) electrons. The van der Waals surface area contributed by atoms with Crippen LogP contribution in [0.25, 0.3) is 0 Å². The average Bonchev–Trinajstić information content (AvgIpc) is 2.67. The molecule has 1 aliphatic heterocycles. The minimum atomic E-state index is -0.391. The molecule has 27 heavy (non-hydrogen) atoms. The van der Waals surface area contributed by atoms with Crippen LogP contribution in [0.15, 0.2) is 54.6 Å². The van der Waals surface area contributed by atoms with Crippen LogP contribution in [0.1, 0.15) is 0 Å². The summed E-state index contributed by atoms with van der Waals surface area (Å²) in [6.07, 6.45) is 0. The van der Waals surface area contributed by atoms with Gasteiger partial charge in [-0.15, -0.1) is 0 Å².